The Kier molecular flexibility index (Phi) is 3.96. The summed E-state index contributed by atoms with van der Waals surface area (Å²) in [4.78, 5) is 11.4. The SMILES string of the molecule is COc1ccc(C(=O)C(C)Br)c(Cl)c1. The van der Waals surface area contributed by atoms with Gasteiger partial charge in [0.05, 0.1) is 17.0 Å². The van der Waals surface area contributed by atoms with Crippen molar-refractivity contribution in [2.45, 2.75) is 11.8 Å². The highest BCUT2D eigenvalue weighted by Gasteiger charge is 2.15. The van der Waals surface area contributed by atoms with Crippen LogP contribution in [0.15, 0.2) is 18.2 Å². The molecule has 0 fully saturated rings. The number of Topliss-reactive ketones (excluding diaryl/α,β-unsaturated/α-hetero) is 1. The lowest BCUT2D eigenvalue weighted by Gasteiger charge is -2.06. The minimum Gasteiger partial charge on any atom is -0.497 e. The first kappa shape index (κ1) is 11.5. The van der Waals surface area contributed by atoms with Gasteiger partial charge in [0, 0.05) is 5.56 Å². The van der Waals surface area contributed by atoms with E-state index in [0.717, 1.165) is 0 Å². The van der Waals surface area contributed by atoms with E-state index in [4.69, 9.17) is 16.3 Å². The maximum Gasteiger partial charge on any atom is 0.177 e. The fourth-order valence-corrected chi connectivity index (χ4v) is 1.55. The van der Waals surface area contributed by atoms with Crippen molar-refractivity contribution in [3.8, 4) is 5.75 Å². The smallest absolute Gasteiger partial charge is 0.177 e. The number of alkyl halides is 1. The Balaban J connectivity index is 3.06. The Morgan fingerprint density at radius 1 is 1.57 bits per heavy atom. The van der Waals surface area contributed by atoms with Crippen molar-refractivity contribution in [3.63, 3.8) is 0 Å². The van der Waals surface area contributed by atoms with Crippen LogP contribution in [0.4, 0.5) is 0 Å². The van der Waals surface area contributed by atoms with Gasteiger partial charge in [-0.3, -0.25) is 4.79 Å². The van der Waals surface area contributed by atoms with E-state index >= 15 is 0 Å². The van der Waals surface area contributed by atoms with Gasteiger partial charge in [-0.05, 0) is 25.1 Å². The summed E-state index contributed by atoms with van der Waals surface area (Å²) >= 11 is 9.13. The third kappa shape index (κ3) is 2.49. The van der Waals surface area contributed by atoms with Crippen LogP contribution in [0.2, 0.25) is 5.02 Å². The minimum atomic E-state index is -0.228. The van der Waals surface area contributed by atoms with Gasteiger partial charge in [0.2, 0.25) is 0 Å². The van der Waals surface area contributed by atoms with Gasteiger partial charge < -0.3 is 4.74 Å². The van der Waals surface area contributed by atoms with Gasteiger partial charge in [0.15, 0.2) is 5.78 Å². The van der Waals surface area contributed by atoms with Crippen molar-refractivity contribution in [2.24, 2.45) is 0 Å². The number of carbonyl (C=O) groups excluding carboxylic acids is 1. The van der Waals surface area contributed by atoms with E-state index in [1.54, 1.807) is 32.2 Å². The molecule has 0 heterocycles. The second-order valence-corrected chi connectivity index (χ2v) is 4.61. The summed E-state index contributed by atoms with van der Waals surface area (Å²) in [5.41, 5.74) is 0.511. The van der Waals surface area contributed by atoms with Crippen LogP contribution in [-0.4, -0.2) is 17.7 Å². The molecule has 1 atom stereocenters. The van der Waals surface area contributed by atoms with E-state index in [2.05, 4.69) is 15.9 Å². The average Bonchev–Trinajstić information content (AvgIpc) is 2.16. The molecule has 0 aliphatic carbocycles. The summed E-state index contributed by atoms with van der Waals surface area (Å²) < 4.78 is 4.98. The molecule has 0 spiro atoms. The van der Waals surface area contributed by atoms with E-state index in [1.165, 1.54) is 0 Å². The van der Waals surface area contributed by atoms with Gasteiger partial charge in [-0.25, -0.2) is 0 Å². The topological polar surface area (TPSA) is 26.3 Å². The molecule has 2 nitrogen and oxygen atoms in total. The number of benzene rings is 1. The lowest BCUT2D eigenvalue weighted by Crippen LogP contribution is -2.10. The maximum absolute atomic E-state index is 11.6. The Morgan fingerprint density at radius 2 is 2.21 bits per heavy atom. The zero-order valence-electron chi connectivity index (χ0n) is 7.88. The monoisotopic (exact) mass is 276 g/mol. The fraction of sp³-hybridized carbons (Fsp3) is 0.300. The molecule has 1 rings (SSSR count). The van der Waals surface area contributed by atoms with Crippen LogP contribution in [0.3, 0.4) is 0 Å². The first-order chi connectivity index (χ1) is 6.56. The Morgan fingerprint density at radius 3 is 2.64 bits per heavy atom. The Hall–Kier alpha value is -0.540. The normalized spacial score (nSPS) is 12.3. The highest BCUT2D eigenvalue weighted by Crippen LogP contribution is 2.24. The molecule has 0 aromatic heterocycles. The van der Waals surface area contributed by atoms with Crippen molar-refractivity contribution >= 4 is 33.3 Å². The zero-order valence-corrected chi connectivity index (χ0v) is 10.2. The molecule has 1 aromatic carbocycles. The third-order valence-electron chi connectivity index (χ3n) is 1.80. The predicted molar refractivity (Wildman–Crippen MR) is 60.7 cm³/mol. The second-order valence-electron chi connectivity index (χ2n) is 2.83. The standard InChI is InChI=1S/C10H10BrClO2/c1-6(11)10(13)8-4-3-7(14-2)5-9(8)12/h3-6H,1-2H3. The van der Waals surface area contributed by atoms with E-state index < -0.39 is 0 Å². The summed E-state index contributed by atoms with van der Waals surface area (Å²) in [6.07, 6.45) is 0. The number of halogens is 2. The van der Waals surface area contributed by atoms with Crippen molar-refractivity contribution in [1.29, 1.82) is 0 Å². The average molecular weight is 278 g/mol. The summed E-state index contributed by atoms with van der Waals surface area (Å²) in [5, 5.41) is 0.417. The number of ether oxygens (including phenoxy) is 1. The molecule has 0 amide bonds. The quantitative estimate of drug-likeness (QED) is 0.626. The van der Waals surface area contributed by atoms with Gasteiger partial charge in [-0.15, -0.1) is 0 Å². The first-order valence-electron chi connectivity index (χ1n) is 4.08. The van der Waals surface area contributed by atoms with Crippen LogP contribution in [-0.2, 0) is 0 Å². The lowest BCUT2D eigenvalue weighted by molar-refractivity contribution is 0.0996. The second kappa shape index (κ2) is 4.80. The third-order valence-corrected chi connectivity index (χ3v) is 2.53. The summed E-state index contributed by atoms with van der Waals surface area (Å²) in [6, 6.07) is 5.01. The van der Waals surface area contributed by atoms with Crippen molar-refractivity contribution in [3.05, 3.63) is 28.8 Å². The molecule has 0 aliphatic heterocycles. The van der Waals surface area contributed by atoms with Crippen LogP contribution in [0, 0.1) is 0 Å². The number of hydrogen-bond acceptors (Lipinski definition) is 2. The number of methoxy groups -OCH3 is 1. The van der Waals surface area contributed by atoms with Crippen LogP contribution >= 0.6 is 27.5 Å². The van der Waals surface area contributed by atoms with Gasteiger partial charge in [-0.2, -0.15) is 0 Å². The molecule has 0 radical (unpaired) electrons. The van der Waals surface area contributed by atoms with Crippen LogP contribution < -0.4 is 4.74 Å². The molecule has 76 valence electrons. The van der Waals surface area contributed by atoms with Crippen LogP contribution in [0.25, 0.3) is 0 Å². The molecule has 1 unspecified atom stereocenters. The van der Waals surface area contributed by atoms with E-state index in [1.807, 2.05) is 0 Å². The largest absolute Gasteiger partial charge is 0.497 e. The number of carbonyl (C=O) groups is 1. The van der Waals surface area contributed by atoms with Gasteiger partial charge in [0.1, 0.15) is 5.75 Å². The van der Waals surface area contributed by atoms with Gasteiger partial charge >= 0.3 is 0 Å². The molecule has 0 N–H and O–H groups in total. The predicted octanol–water partition coefficient (Wildman–Crippen LogP) is 3.31. The summed E-state index contributed by atoms with van der Waals surface area (Å²) in [7, 11) is 1.56. The molecule has 0 saturated heterocycles. The number of ketones is 1. The van der Waals surface area contributed by atoms with Crippen molar-refractivity contribution in [2.75, 3.05) is 7.11 Å². The molecule has 0 saturated carbocycles. The van der Waals surface area contributed by atoms with E-state index in [0.29, 0.717) is 16.3 Å². The molecular weight excluding hydrogens is 267 g/mol. The fourth-order valence-electron chi connectivity index (χ4n) is 1.04. The van der Waals surface area contributed by atoms with Crippen LogP contribution in [0.1, 0.15) is 17.3 Å². The highest BCUT2D eigenvalue weighted by atomic mass is 79.9. The number of hydrogen-bond donors (Lipinski definition) is 0. The highest BCUT2D eigenvalue weighted by molar-refractivity contribution is 9.10. The maximum atomic E-state index is 11.6. The molecule has 1 aromatic rings. The van der Waals surface area contributed by atoms with Crippen LogP contribution in [0.5, 0.6) is 5.75 Å². The first-order valence-corrected chi connectivity index (χ1v) is 5.37. The van der Waals surface area contributed by atoms with Crippen molar-refractivity contribution in [1.82, 2.24) is 0 Å². The molecule has 0 bridgehead atoms. The number of rotatable bonds is 3. The van der Waals surface area contributed by atoms with E-state index in [-0.39, 0.29) is 10.6 Å². The van der Waals surface area contributed by atoms with Crippen molar-refractivity contribution < 1.29 is 9.53 Å². The molecule has 4 heteroatoms. The van der Waals surface area contributed by atoms with Gasteiger partial charge in [-0.1, -0.05) is 27.5 Å². The zero-order chi connectivity index (χ0) is 10.7. The van der Waals surface area contributed by atoms with Gasteiger partial charge in [0.25, 0.3) is 0 Å². The minimum absolute atomic E-state index is 0.0300. The summed E-state index contributed by atoms with van der Waals surface area (Å²) in [5.74, 6) is 0.617. The molecular formula is C10H10BrClO2. The summed E-state index contributed by atoms with van der Waals surface area (Å²) in [6.45, 7) is 1.77. The Labute approximate surface area is 96.3 Å². The molecule has 0 aliphatic rings. The van der Waals surface area contributed by atoms with E-state index in [9.17, 15) is 4.79 Å². The Bertz CT molecular complexity index is 350. The lowest BCUT2D eigenvalue weighted by atomic mass is 10.1. The molecule has 14 heavy (non-hydrogen) atoms.